The molecule has 0 N–H and O–H groups in total. The maximum atomic E-state index is 14.7. The van der Waals surface area contributed by atoms with Crippen LogP contribution < -0.4 is 10.6 Å². The Bertz CT molecular complexity index is 667. The number of hydrogen-bond acceptors (Lipinski definition) is 0. The van der Waals surface area contributed by atoms with Crippen LogP contribution in [0, 0.1) is 0 Å². The van der Waals surface area contributed by atoms with E-state index < -0.39 is 14.5 Å². The van der Waals surface area contributed by atoms with Crippen molar-refractivity contribution in [3.63, 3.8) is 0 Å². The molecule has 0 aliphatic rings. The van der Waals surface area contributed by atoms with Gasteiger partial charge in [0.2, 0.25) is 11.1 Å². The third-order valence-corrected chi connectivity index (χ3v) is 9.84. The van der Waals surface area contributed by atoms with Gasteiger partial charge in [-0.1, -0.05) is 36.4 Å². The molecule has 0 unspecified atom stereocenters. The summed E-state index contributed by atoms with van der Waals surface area (Å²) >= 11 is 0. The fourth-order valence-corrected chi connectivity index (χ4v) is 5.58. The standard InChI is InChI=1S/C20H24F2P2/c1-23(2,17-11-7-5-8-12-17)19(21)15-16-20(22)24(3,4)18-13-9-6-10-14-18/h5-16H,1-4H3/q+2/b19-15+,20-16+. The van der Waals surface area contributed by atoms with Gasteiger partial charge < -0.3 is 0 Å². The van der Waals surface area contributed by atoms with Crippen LogP contribution >= 0.6 is 14.5 Å². The molecule has 0 aromatic heterocycles. The Hall–Kier alpha value is -1.36. The molecule has 0 atom stereocenters. The molecule has 0 saturated carbocycles. The fourth-order valence-electron chi connectivity index (χ4n) is 2.36. The van der Waals surface area contributed by atoms with Crippen LogP contribution in [0.2, 0.25) is 0 Å². The second-order valence-electron chi connectivity index (χ2n) is 6.56. The zero-order valence-corrected chi connectivity index (χ0v) is 16.4. The fraction of sp³-hybridized carbons (Fsp3) is 0.200. The van der Waals surface area contributed by atoms with Crippen molar-refractivity contribution in [2.75, 3.05) is 26.7 Å². The van der Waals surface area contributed by atoms with Crippen LogP contribution in [-0.4, -0.2) is 26.7 Å². The second-order valence-corrected chi connectivity index (χ2v) is 14.3. The lowest BCUT2D eigenvalue weighted by atomic mass is 10.4. The molecule has 0 heterocycles. The van der Waals surface area contributed by atoms with Crippen molar-refractivity contribution in [3.8, 4) is 0 Å². The zero-order valence-electron chi connectivity index (χ0n) is 14.6. The van der Waals surface area contributed by atoms with Crippen molar-refractivity contribution in [2.45, 2.75) is 0 Å². The van der Waals surface area contributed by atoms with Crippen LogP contribution in [0.3, 0.4) is 0 Å². The number of rotatable bonds is 5. The van der Waals surface area contributed by atoms with Crippen molar-refractivity contribution in [2.24, 2.45) is 0 Å². The molecule has 0 saturated heterocycles. The number of hydrogen-bond donors (Lipinski definition) is 0. The van der Waals surface area contributed by atoms with Crippen molar-refractivity contribution in [3.05, 3.63) is 84.0 Å². The summed E-state index contributed by atoms with van der Waals surface area (Å²) in [4.78, 5) is 0. The average Bonchev–Trinajstić information content (AvgIpc) is 2.60. The van der Waals surface area contributed by atoms with E-state index in [0.717, 1.165) is 10.6 Å². The first kappa shape index (κ1) is 19.0. The Balaban J connectivity index is 2.29. The smallest absolute Gasteiger partial charge is 0.165 e. The van der Waals surface area contributed by atoms with Crippen LogP contribution in [-0.2, 0) is 0 Å². The van der Waals surface area contributed by atoms with Crippen molar-refractivity contribution in [1.82, 2.24) is 0 Å². The van der Waals surface area contributed by atoms with Crippen LogP contribution in [0.25, 0.3) is 0 Å². The van der Waals surface area contributed by atoms with Crippen LogP contribution in [0.15, 0.2) is 84.0 Å². The highest BCUT2D eigenvalue weighted by atomic mass is 31.2. The van der Waals surface area contributed by atoms with Gasteiger partial charge >= 0.3 is 0 Å². The highest BCUT2D eigenvalue weighted by Gasteiger charge is 2.37. The van der Waals surface area contributed by atoms with Gasteiger partial charge in [0.05, 0.1) is 26.7 Å². The Labute approximate surface area is 145 Å². The average molecular weight is 364 g/mol. The predicted molar refractivity (Wildman–Crippen MR) is 108 cm³/mol. The minimum atomic E-state index is -2.07. The molecule has 0 aliphatic heterocycles. The molecule has 0 spiro atoms. The predicted octanol–water partition coefficient (Wildman–Crippen LogP) is 5.81. The van der Waals surface area contributed by atoms with Gasteiger partial charge in [-0.3, -0.25) is 0 Å². The van der Waals surface area contributed by atoms with E-state index in [9.17, 15) is 8.78 Å². The van der Waals surface area contributed by atoms with Crippen molar-refractivity contribution >= 4 is 25.1 Å². The summed E-state index contributed by atoms with van der Waals surface area (Å²) in [5, 5.41) is 1.95. The van der Waals surface area contributed by atoms with Gasteiger partial charge in [-0.2, -0.15) is 8.78 Å². The highest BCUT2D eigenvalue weighted by molar-refractivity contribution is 7.85. The summed E-state index contributed by atoms with van der Waals surface area (Å²) in [6.07, 6.45) is 2.64. The van der Waals surface area contributed by atoms with E-state index in [2.05, 4.69) is 0 Å². The molecule has 2 aromatic rings. The van der Waals surface area contributed by atoms with E-state index in [1.807, 2.05) is 87.3 Å². The first-order valence-electron chi connectivity index (χ1n) is 7.79. The van der Waals surface area contributed by atoms with Gasteiger partial charge in [0.1, 0.15) is 25.1 Å². The first-order valence-corrected chi connectivity index (χ1v) is 13.2. The second kappa shape index (κ2) is 7.68. The normalized spacial score (nSPS) is 13.9. The van der Waals surface area contributed by atoms with Gasteiger partial charge in [-0.15, -0.1) is 0 Å². The molecule has 0 radical (unpaired) electrons. The molecule has 0 aliphatic carbocycles. The summed E-state index contributed by atoms with van der Waals surface area (Å²) in [6, 6.07) is 19.2. The molecule has 2 rings (SSSR count). The van der Waals surface area contributed by atoms with Crippen LogP contribution in [0.4, 0.5) is 8.78 Å². The largest absolute Gasteiger partial charge is 0.242 e. The molecule has 0 fully saturated rings. The summed E-state index contributed by atoms with van der Waals surface area (Å²) in [6.45, 7) is 7.66. The van der Waals surface area contributed by atoms with E-state index in [0.29, 0.717) is 0 Å². The Morgan fingerprint density at radius 1 is 0.625 bits per heavy atom. The minimum absolute atomic E-state index is 0.239. The molecule has 4 heteroatoms. The van der Waals surface area contributed by atoms with Gasteiger partial charge in [-0.25, -0.2) is 0 Å². The number of benzene rings is 2. The molecule has 0 amide bonds. The lowest BCUT2D eigenvalue weighted by molar-refractivity contribution is 0.683. The summed E-state index contributed by atoms with van der Waals surface area (Å²) in [5.74, 6) is 0. The molecule has 0 bridgehead atoms. The van der Waals surface area contributed by atoms with Gasteiger partial charge in [0.25, 0.3) is 0 Å². The monoisotopic (exact) mass is 364 g/mol. The summed E-state index contributed by atoms with van der Waals surface area (Å²) in [7, 11) is -4.14. The maximum Gasteiger partial charge on any atom is 0.242 e. The maximum absolute atomic E-state index is 14.7. The SMILES string of the molecule is C[P+](C)(/C(F)=C/C=C(\F)[P+](C)(C)c1ccccc1)c1ccccc1. The molecule has 126 valence electrons. The lowest BCUT2D eigenvalue weighted by Crippen LogP contribution is -2.09. The van der Waals surface area contributed by atoms with Crippen molar-refractivity contribution in [1.29, 1.82) is 0 Å². The van der Waals surface area contributed by atoms with Crippen LogP contribution in [0.5, 0.6) is 0 Å². The van der Waals surface area contributed by atoms with Crippen molar-refractivity contribution < 1.29 is 8.78 Å². The quantitative estimate of drug-likeness (QED) is 0.464. The molecule has 24 heavy (non-hydrogen) atoms. The minimum Gasteiger partial charge on any atom is -0.165 e. The molecule has 2 aromatic carbocycles. The molecular weight excluding hydrogens is 340 g/mol. The third kappa shape index (κ3) is 4.18. The Morgan fingerprint density at radius 3 is 1.21 bits per heavy atom. The summed E-state index contributed by atoms with van der Waals surface area (Å²) in [5.41, 5.74) is -0.478. The number of halogens is 2. The van der Waals surface area contributed by atoms with E-state index in [-0.39, 0.29) is 11.1 Å². The highest BCUT2D eigenvalue weighted by Crippen LogP contribution is 2.60. The lowest BCUT2D eigenvalue weighted by Gasteiger charge is -2.16. The van der Waals surface area contributed by atoms with Gasteiger partial charge in [0, 0.05) is 12.2 Å². The van der Waals surface area contributed by atoms with E-state index in [1.165, 1.54) is 12.2 Å². The number of allylic oxidation sites excluding steroid dienone is 2. The van der Waals surface area contributed by atoms with Crippen LogP contribution in [0.1, 0.15) is 0 Å². The topological polar surface area (TPSA) is 0 Å². The molecular formula is C20H24F2P2+2. The van der Waals surface area contributed by atoms with Gasteiger partial charge in [-0.05, 0) is 24.3 Å². The molecule has 0 nitrogen and oxygen atoms in total. The van der Waals surface area contributed by atoms with E-state index >= 15 is 0 Å². The zero-order chi connectivity index (χ0) is 17.8. The Kier molecular flexibility index (Phi) is 6.07. The third-order valence-electron chi connectivity index (χ3n) is 4.23. The Morgan fingerprint density at radius 2 is 0.917 bits per heavy atom. The van der Waals surface area contributed by atoms with Gasteiger partial charge in [0.15, 0.2) is 0 Å². The first-order chi connectivity index (χ1) is 11.3. The summed E-state index contributed by atoms with van der Waals surface area (Å²) < 4.78 is 29.5. The van der Waals surface area contributed by atoms with E-state index in [4.69, 9.17) is 0 Å². The van der Waals surface area contributed by atoms with E-state index in [1.54, 1.807) is 0 Å².